The van der Waals surface area contributed by atoms with Gasteiger partial charge in [0, 0.05) is 5.38 Å². The van der Waals surface area contributed by atoms with Crippen molar-refractivity contribution in [2.24, 2.45) is 0 Å². The van der Waals surface area contributed by atoms with Gasteiger partial charge in [0.2, 0.25) is 5.91 Å². The lowest BCUT2D eigenvalue weighted by Gasteiger charge is -2.07. The predicted molar refractivity (Wildman–Crippen MR) is 80.2 cm³/mol. The van der Waals surface area contributed by atoms with E-state index in [0.717, 1.165) is 16.3 Å². The number of amides is 1. The summed E-state index contributed by atoms with van der Waals surface area (Å²) in [7, 11) is 0. The molecular weight excluding hydrogens is 303 g/mol. The summed E-state index contributed by atoms with van der Waals surface area (Å²) in [6.07, 6.45) is 0.228. The Balaban J connectivity index is 2.03. The van der Waals surface area contributed by atoms with Crippen molar-refractivity contribution in [1.29, 1.82) is 0 Å². The van der Waals surface area contributed by atoms with Crippen molar-refractivity contribution in [3.8, 4) is 0 Å². The highest BCUT2D eigenvalue weighted by Gasteiger charge is 2.10. The minimum absolute atomic E-state index is 0.136. The molecule has 0 saturated carbocycles. The minimum Gasteiger partial charge on any atom is -0.324 e. The second-order valence-corrected chi connectivity index (χ2v) is 5.69. The third kappa shape index (κ3) is 3.93. The van der Waals surface area contributed by atoms with Crippen LogP contribution in [-0.4, -0.2) is 10.9 Å². The summed E-state index contributed by atoms with van der Waals surface area (Å²) in [5.74, 6) is 0.227. The Labute approximate surface area is 125 Å². The highest BCUT2D eigenvalue weighted by molar-refractivity contribution is 7.09. The van der Waals surface area contributed by atoms with Crippen LogP contribution in [0.1, 0.15) is 16.3 Å². The van der Waals surface area contributed by atoms with Crippen LogP contribution in [0.3, 0.4) is 0 Å². The molecule has 19 heavy (non-hydrogen) atoms. The first-order valence-electron chi connectivity index (χ1n) is 5.63. The van der Waals surface area contributed by atoms with Gasteiger partial charge in [-0.25, -0.2) is 4.98 Å². The molecule has 6 heteroatoms. The number of nitrogens with zero attached hydrogens (tertiary/aromatic N) is 1. The zero-order valence-electron chi connectivity index (χ0n) is 10.2. The van der Waals surface area contributed by atoms with Crippen LogP contribution in [0.4, 0.5) is 5.69 Å². The fraction of sp³-hybridized carbons (Fsp3) is 0.231. The van der Waals surface area contributed by atoms with E-state index in [9.17, 15) is 4.79 Å². The Bertz CT molecular complexity index is 598. The summed E-state index contributed by atoms with van der Waals surface area (Å²) in [6.45, 7) is 1.94. The number of thiazole rings is 1. The number of halogens is 2. The van der Waals surface area contributed by atoms with Crippen LogP contribution in [0.2, 0.25) is 5.02 Å². The van der Waals surface area contributed by atoms with Gasteiger partial charge in [0.05, 0.1) is 28.7 Å². The first-order valence-corrected chi connectivity index (χ1v) is 7.43. The first kappa shape index (κ1) is 14.3. The van der Waals surface area contributed by atoms with Gasteiger partial charge in [0.25, 0.3) is 0 Å². The van der Waals surface area contributed by atoms with E-state index in [1.807, 2.05) is 24.4 Å². The van der Waals surface area contributed by atoms with E-state index < -0.39 is 0 Å². The molecule has 0 aliphatic carbocycles. The van der Waals surface area contributed by atoms with E-state index in [1.165, 1.54) is 11.3 Å². The van der Waals surface area contributed by atoms with E-state index >= 15 is 0 Å². The highest BCUT2D eigenvalue weighted by atomic mass is 35.5. The molecule has 1 aromatic carbocycles. The summed E-state index contributed by atoms with van der Waals surface area (Å²) < 4.78 is 0. The van der Waals surface area contributed by atoms with Crippen LogP contribution in [0.25, 0.3) is 0 Å². The molecule has 1 heterocycles. The van der Waals surface area contributed by atoms with E-state index in [-0.39, 0.29) is 12.3 Å². The van der Waals surface area contributed by atoms with Crippen molar-refractivity contribution in [2.75, 3.05) is 5.32 Å². The van der Waals surface area contributed by atoms with Crippen LogP contribution in [0.5, 0.6) is 0 Å². The molecule has 1 N–H and O–H groups in total. The number of benzene rings is 1. The molecule has 0 radical (unpaired) electrons. The third-order valence-corrected chi connectivity index (χ3v) is 3.94. The monoisotopic (exact) mass is 314 g/mol. The van der Waals surface area contributed by atoms with Crippen molar-refractivity contribution < 1.29 is 4.79 Å². The molecule has 0 aliphatic heterocycles. The molecule has 0 bridgehead atoms. The molecular formula is C13H12Cl2N2OS. The molecule has 0 spiro atoms. The fourth-order valence-corrected chi connectivity index (χ4v) is 2.74. The third-order valence-electron chi connectivity index (χ3n) is 2.44. The molecule has 100 valence electrons. The average molecular weight is 315 g/mol. The number of anilines is 1. The summed E-state index contributed by atoms with van der Waals surface area (Å²) in [4.78, 5) is 16.1. The Morgan fingerprint density at radius 2 is 2.26 bits per heavy atom. The Hall–Kier alpha value is -1.10. The number of hydrogen-bond acceptors (Lipinski definition) is 3. The number of carbonyl (C=O) groups excluding carboxylic acids is 1. The molecule has 0 fully saturated rings. The SMILES string of the molecule is Cc1ccc(Cl)c(NC(=O)Cc2nc(CCl)cs2)c1. The summed E-state index contributed by atoms with van der Waals surface area (Å²) in [5, 5.41) is 5.92. The highest BCUT2D eigenvalue weighted by Crippen LogP contribution is 2.23. The molecule has 0 unspecified atom stereocenters. The van der Waals surface area contributed by atoms with Gasteiger partial charge < -0.3 is 5.32 Å². The summed E-state index contributed by atoms with van der Waals surface area (Å²) in [6, 6.07) is 5.50. The lowest BCUT2D eigenvalue weighted by molar-refractivity contribution is -0.115. The topological polar surface area (TPSA) is 42.0 Å². The van der Waals surface area contributed by atoms with Gasteiger partial charge in [-0.3, -0.25) is 4.79 Å². The van der Waals surface area contributed by atoms with E-state index in [1.54, 1.807) is 6.07 Å². The van der Waals surface area contributed by atoms with Gasteiger partial charge >= 0.3 is 0 Å². The van der Waals surface area contributed by atoms with Gasteiger partial charge in [-0.1, -0.05) is 17.7 Å². The molecule has 1 aromatic heterocycles. The summed E-state index contributed by atoms with van der Waals surface area (Å²) in [5.41, 5.74) is 2.46. The van der Waals surface area contributed by atoms with Gasteiger partial charge in [-0.05, 0) is 24.6 Å². The van der Waals surface area contributed by atoms with Crippen molar-refractivity contribution in [1.82, 2.24) is 4.98 Å². The van der Waals surface area contributed by atoms with Crippen LogP contribution < -0.4 is 5.32 Å². The quantitative estimate of drug-likeness (QED) is 0.866. The number of aryl methyl sites for hydroxylation is 1. The van der Waals surface area contributed by atoms with Crippen LogP contribution >= 0.6 is 34.5 Å². The average Bonchev–Trinajstić information content (AvgIpc) is 2.81. The Morgan fingerprint density at radius 3 is 2.95 bits per heavy atom. The lowest BCUT2D eigenvalue weighted by Crippen LogP contribution is -2.14. The molecule has 3 nitrogen and oxygen atoms in total. The van der Waals surface area contributed by atoms with Crippen molar-refractivity contribution in [3.05, 3.63) is 44.9 Å². The zero-order chi connectivity index (χ0) is 13.8. The van der Waals surface area contributed by atoms with Gasteiger partial charge in [0.15, 0.2) is 0 Å². The number of alkyl halides is 1. The standard InChI is InChI=1S/C13H12Cl2N2OS/c1-8-2-3-10(15)11(4-8)17-12(18)5-13-16-9(6-14)7-19-13/h2-4,7H,5-6H2,1H3,(H,17,18). The zero-order valence-corrected chi connectivity index (χ0v) is 12.6. The number of nitrogens with one attached hydrogen (secondary N) is 1. The van der Waals surface area contributed by atoms with Crippen LogP contribution in [0, 0.1) is 6.92 Å². The van der Waals surface area contributed by atoms with Gasteiger partial charge in [-0.2, -0.15) is 0 Å². The van der Waals surface area contributed by atoms with Crippen molar-refractivity contribution in [2.45, 2.75) is 19.2 Å². The second kappa shape index (κ2) is 6.37. The minimum atomic E-state index is -0.136. The maximum absolute atomic E-state index is 11.9. The maximum atomic E-state index is 11.9. The molecule has 1 amide bonds. The normalized spacial score (nSPS) is 10.5. The van der Waals surface area contributed by atoms with Gasteiger partial charge in [-0.15, -0.1) is 22.9 Å². The van der Waals surface area contributed by atoms with Crippen LogP contribution in [0.15, 0.2) is 23.6 Å². The van der Waals surface area contributed by atoms with E-state index in [2.05, 4.69) is 10.3 Å². The van der Waals surface area contributed by atoms with Crippen molar-refractivity contribution in [3.63, 3.8) is 0 Å². The van der Waals surface area contributed by atoms with Crippen molar-refractivity contribution >= 4 is 46.1 Å². The number of aromatic nitrogens is 1. The molecule has 0 saturated heterocycles. The molecule has 0 atom stereocenters. The number of hydrogen-bond donors (Lipinski definition) is 1. The molecule has 2 rings (SSSR count). The predicted octanol–water partition coefficient (Wildman–Crippen LogP) is 4.02. The fourth-order valence-electron chi connectivity index (χ4n) is 1.56. The Morgan fingerprint density at radius 1 is 1.47 bits per heavy atom. The second-order valence-electron chi connectivity index (χ2n) is 4.07. The summed E-state index contributed by atoms with van der Waals surface area (Å²) >= 11 is 13.1. The smallest absolute Gasteiger partial charge is 0.231 e. The number of carbonyl (C=O) groups is 1. The molecule has 0 aliphatic rings. The first-order chi connectivity index (χ1) is 9.08. The van der Waals surface area contributed by atoms with E-state index in [0.29, 0.717) is 16.6 Å². The molecule has 2 aromatic rings. The van der Waals surface area contributed by atoms with E-state index in [4.69, 9.17) is 23.2 Å². The van der Waals surface area contributed by atoms with Gasteiger partial charge in [0.1, 0.15) is 5.01 Å². The number of rotatable bonds is 4. The Kier molecular flexibility index (Phi) is 4.80. The largest absolute Gasteiger partial charge is 0.324 e. The maximum Gasteiger partial charge on any atom is 0.231 e. The lowest BCUT2D eigenvalue weighted by atomic mass is 10.2. The van der Waals surface area contributed by atoms with Crippen LogP contribution in [-0.2, 0) is 17.1 Å².